The van der Waals surface area contributed by atoms with Crippen LogP contribution in [0.15, 0.2) is 12.1 Å². The second kappa shape index (κ2) is 5.97. The Morgan fingerprint density at radius 1 is 1.58 bits per heavy atom. The predicted molar refractivity (Wildman–Crippen MR) is 72.0 cm³/mol. The number of nitrogens with one attached hydrogen (secondary N) is 1. The van der Waals surface area contributed by atoms with Gasteiger partial charge in [0.05, 0.1) is 6.10 Å². The molecule has 2 rings (SSSR count). The number of aromatic nitrogens is 2. The molecule has 1 amide bonds. The number of carbonyl (C=O) groups is 1. The van der Waals surface area contributed by atoms with Gasteiger partial charge in [-0.3, -0.25) is 4.79 Å². The number of aliphatic hydroxyl groups excluding tert-OH is 1. The number of aliphatic hydroxyl groups is 1. The SMILES string of the molecule is CCNC(=O)c1ccc(N2CCC(C(C)O)C2)nn1. The summed E-state index contributed by atoms with van der Waals surface area (Å²) in [6.45, 7) is 5.90. The van der Waals surface area contributed by atoms with Crippen molar-refractivity contribution < 1.29 is 9.90 Å². The standard InChI is InChI=1S/C13H20N4O2/c1-3-14-13(19)11-4-5-12(16-15-11)17-7-6-10(8-17)9(2)18/h4-5,9-10,18H,3,6-8H2,1-2H3,(H,14,19). The zero-order valence-corrected chi connectivity index (χ0v) is 11.3. The molecule has 1 fully saturated rings. The Morgan fingerprint density at radius 3 is 2.89 bits per heavy atom. The molecule has 1 aromatic heterocycles. The number of anilines is 1. The minimum atomic E-state index is -0.299. The fourth-order valence-electron chi connectivity index (χ4n) is 2.26. The third kappa shape index (κ3) is 3.20. The van der Waals surface area contributed by atoms with Crippen LogP contribution in [0.25, 0.3) is 0 Å². The minimum absolute atomic E-state index is 0.204. The molecule has 2 atom stereocenters. The fraction of sp³-hybridized carbons (Fsp3) is 0.615. The van der Waals surface area contributed by atoms with Gasteiger partial charge in [0.25, 0.3) is 5.91 Å². The van der Waals surface area contributed by atoms with Crippen molar-refractivity contribution in [3.63, 3.8) is 0 Å². The van der Waals surface area contributed by atoms with Gasteiger partial charge >= 0.3 is 0 Å². The highest BCUT2D eigenvalue weighted by Crippen LogP contribution is 2.23. The van der Waals surface area contributed by atoms with E-state index in [4.69, 9.17) is 0 Å². The van der Waals surface area contributed by atoms with Crippen molar-refractivity contribution in [3.05, 3.63) is 17.8 Å². The first-order valence-corrected chi connectivity index (χ1v) is 6.66. The molecule has 1 saturated heterocycles. The van der Waals surface area contributed by atoms with Crippen LogP contribution in [0.3, 0.4) is 0 Å². The summed E-state index contributed by atoms with van der Waals surface area (Å²) < 4.78 is 0. The molecule has 0 aromatic carbocycles. The van der Waals surface area contributed by atoms with E-state index in [1.165, 1.54) is 0 Å². The molecule has 0 aliphatic carbocycles. The van der Waals surface area contributed by atoms with Gasteiger partial charge < -0.3 is 15.3 Å². The van der Waals surface area contributed by atoms with Gasteiger partial charge in [-0.05, 0) is 32.4 Å². The third-order valence-corrected chi connectivity index (χ3v) is 3.45. The first-order chi connectivity index (χ1) is 9.11. The lowest BCUT2D eigenvalue weighted by molar-refractivity contribution is 0.0950. The van der Waals surface area contributed by atoms with Crippen molar-refractivity contribution in [1.82, 2.24) is 15.5 Å². The largest absolute Gasteiger partial charge is 0.393 e. The molecule has 0 radical (unpaired) electrons. The van der Waals surface area contributed by atoms with Crippen molar-refractivity contribution in [3.8, 4) is 0 Å². The van der Waals surface area contributed by atoms with Gasteiger partial charge in [-0.2, -0.15) is 0 Å². The zero-order chi connectivity index (χ0) is 13.8. The van der Waals surface area contributed by atoms with E-state index in [1.54, 1.807) is 6.07 Å². The van der Waals surface area contributed by atoms with Gasteiger partial charge in [0.2, 0.25) is 0 Å². The van der Waals surface area contributed by atoms with E-state index in [0.29, 0.717) is 12.2 Å². The van der Waals surface area contributed by atoms with Crippen molar-refractivity contribution in [1.29, 1.82) is 0 Å². The summed E-state index contributed by atoms with van der Waals surface area (Å²) in [5.41, 5.74) is 0.330. The van der Waals surface area contributed by atoms with Gasteiger partial charge in [-0.1, -0.05) is 0 Å². The molecule has 19 heavy (non-hydrogen) atoms. The number of hydrogen-bond acceptors (Lipinski definition) is 5. The van der Waals surface area contributed by atoms with Crippen LogP contribution in [0.4, 0.5) is 5.82 Å². The highest BCUT2D eigenvalue weighted by atomic mass is 16.3. The predicted octanol–water partition coefficient (Wildman–Crippen LogP) is 0.433. The first kappa shape index (κ1) is 13.7. The lowest BCUT2D eigenvalue weighted by atomic mass is 10.0. The van der Waals surface area contributed by atoms with Gasteiger partial charge in [-0.15, -0.1) is 10.2 Å². The van der Waals surface area contributed by atoms with Crippen molar-refractivity contribution in [2.45, 2.75) is 26.4 Å². The second-order valence-corrected chi connectivity index (χ2v) is 4.87. The van der Waals surface area contributed by atoms with Gasteiger partial charge in [0.15, 0.2) is 11.5 Å². The molecule has 6 nitrogen and oxygen atoms in total. The maximum Gasteiger partial charge on any atom is 0.271 e. The number of rotatable bonds is 4. The van der Waals surface area contributed by atoms with Gasteiger partial charge in [-0.25, -0.2) is 0 Å². The summed E-state index contributed by atoms with van der Waals surface area (Å²) in [5, 5.41) is 20.3. The highest BCUT2D eigenvalue weighted by Gasteiger charge is 2.27. The van der Waals surface area contributed by atoms with Crippen LogP contribution in [-0.4, -0.2) is 46.9 Å². The van der Waals surface area contributed by atoms with Gasteiger partial charge in [0, 0.05) is 25.6 Å². The second-order valence-electron chi connectivity index (χ2n) is 4.87. The third-order valence-electron chi connectivity index (χ3n) is 3.45. The molecule has 2 N–H and O–H groups in total. The van der Waals surface area contributed by atoms with E-state index in [-0.39, 0.29) is 17.9 Å². The Bertz CT molecular complexity index is 433. The molecule has 2 heterocycles. The van der Waals surface area contributed by atoms with Crippen LogP contribution in [0, 0.1) is 5.92 Å². The van der Waals surface area contributed by atoms with Crippen LogP contribution >= 0.6 is 0 Å². The van der Waals surface area contributed by atoms with Crippen LogP contribution in [0.5, 0.6) is 0 Å². The average molecular weight is 264 g/mol. The normalized spacial score (nSPS) is 20.4. The summed E-state index contributed by atoms with van der Waals surface area (Å²) in [7, 11) is 0. The number of hydrogen-bond donors (Lipinski definition) is 2. The van der Waals surface area contributed by atoms with Crippen molar-refractivity contribution in [2.75, 3.05) is 24.5 Å². The van der Waals surface area contributed by atoms with E-state index in [0.717, 1.165) is 25.3 Å². The Hall–Kier alpha value is -1.69. The molecule has 0 spiro atoms. The smallest absolute Gasteiger partial charge is 0.271 e. The topological polar surface area (TPSA) is 78.4 Å². The van der Waals surface area contributed by atoms with E-state index >= 15 is 0 Å². The quantitative estimate of drug-likeness (QED) is 0.824. The monoisotopic (exact) mass is 264 g/mol. The summed E-state index contributed by atoms with van der Waals surface area (Å²) >= 11 is 0. The van der Waals surface area contributed by atoms with Crippen molar-refractivity contribution in [2.24, 2.45) is 5.92 Å². The Labute approximate surface area is 112 Å². The molecule has 1 aromatic rings. The first-order valence-electron chi connectivity index (χ1n) is 6.66. The maximum atomic E-state index is 11.6. The summed E-state index contributed by atoms with van der Waals surface area (Å²) in [4.78, 5) is 13.6. The lowest BCUT2D eigenvalue weighted by Crippen LogP contribution is -2.26. The van der Waals surface area contributed by atoms with E-state index in [9.17, 15) is 9.90 Å². The van der Waals surface area contributed by atoms with Crippen molar-refractivity contribution >= 4 is 11.7 Å². The highest BCUT2D eigenvalue weighted by molar-refractivity contribution is 5.92. The zero-order valence-electron chi connectivity index (χ0n) is 11.3. The van der Waals surface area contributed by atoms with Crippen LogP contribution < -0.4 is 10.2 Å². The average Bonchev–Trinajstić information content (AvgIpc) is 2.89. The van der Waals surface area contributed by atoms with Crippen LogP contribution in [0.2, 0.25) is 0 Å². The molecule has 1 aliphatic rings. The Kier molecular flexibility index (Phi) is 4.31. The summed E-state index contributed by atoms with van der Waals surface area (Å²) in [6, 6.07) is 3.49. The van der Waals surface area contributed by atoms with E-state index in [1.807, 2.05) is 19.9 Å². The number of amides is 1. The number of carbonyl (C=O) groups excluding carboxylic acids is 1. The van der Waals surface area contributed by atoms with E-state index < -0.39 is 0 Å². The lowest BCUT2D eigenvalue weighted by Gasteiger charge is -2.18. The number of nitrogens with zero attached hydrogens (tertiary/aromatic N) is 3. The van der Waals surface area contributed by atoms with Gasteiger partial charge in [0.1, 0.15) is 0 Å². The molecule has 0 saturated carbocycles. The van der Waals surface area contributed by atoms with E-state index in [2.05, 4.69) is 20.4 Å². The molecule has 104 valence electrons. The molecular formula is C13H20N4O2. The van der Waals surface area contributed by atoms with Crippen LogP contribution in [-0.2, 0) is 0 Å². The molecule has 6 heteroatoms. The Balaban J connectivity index is 2.01. The summed E-state index contributed by atoms with van der Waals surface area (Å²) in [6.07, 6.45) is 0.657. The molecular weight excluding hydrogens is 244 g/mol. The molecule has 1 aliphatic heterocycles. The minimum Gasteiger partial charge on any atom is -0.393 e. The fourth-order valence-corrected chi connectivity index (χ4v) is 2.26. The molecule has 0 bridgehead atoms. The van der Waals surface area contributed by atoms with Crippen LogP contribution in [0.1, 0.15) is 30.8 Å². The Morgan fingerprint density at radius 2 is 2.37 bits per heavy atom. The molecule has 2 unspecified atom stereocenters. The summed E-state index contributed by atoms with van der Waals surface area (Å²) in [5.74, 6) is 0.839. The maximum absolute atomic E-state index is 11.6.